The van der Waals surface area contributed by atoms with E-state index in [1.807, 2.05) is 16.4 Å². The molecule has 0 aliphatic carbocycles. The first-order valence-electron chi connectivity index (χ1n) is 10.5. The van der Waals surface area contributed by atoms with E-state index in [4.69, 9.17) is 16.7 Å². The summed E-state index contributed by atoms with van der Waals surface area (Å²) in [5.74, 6) is 0.925. The quantitative estimate of drug-likeness (QED) is 0.412. The zero-order valence-electron chi connectivity index (χ0n) is 17.4. The summed E-state index contributed by atoms with van der Waals surface area (Å²) >= 11 is 8.43. The number of rotatable bonds is 7. The number of hydrogen-bond acceptors (Lipinski definition) is 3. The summed E-state index contributed by atoms with van der Waals surface area (Å²) in [6.45, 7) is 5.27. The lowest BCUT2D eigenvalue weighted by Gasteiger charge is -2.14. The predicted octanol–water partition coefficient (Wildman–Crippen LogP) is 6.41. The number of nitrogens with zero attached hydrogens (tertiary/aromatic N) is 2. The van der Waals surface area contributed by atoms with Crippen molar-refractivity contribution in [3.63, 3.8) is 0 Å². The third-order valence-electron chi connectivity index (χ3n) is 5.45. The van der Waals surface area contributed by atoms with Crippen LogP contribution in [0.2, 0.25) is 5.02 Å². The van der Waals surface area contributed by atoms with E-state index in [2.05, 4.69) is 60.9 Å². The van der Waals surface area contributed by atoms with Crippen molar-refractivity contribution in [2.75, 3.05) is 13.1 Å². The molecule has 1 aromatic heterocycles. The summed E-state index contributed by atoms with van der Waals surface area (Å²) in [6, 6.07) is 15.1. The molecule has 3 nitrogen and oxygen atoms in total. The minimum absolute atomic E-state index is 0. The zero-order valence-corrected chi connectivity index (χ0v) is 19.8. The van der Waals surface area contributed by atoms with E-state index in [9.17, 15) is 0 Å². The van der Waals surface area contributed by atoms with Crippen molar-refractivity contribution in [3.8, 4) is 11.3 Å². The fourth-order valence-electron chi connectivity index (χ4n) is 3.75. The number of thioether (sulfide) groups is 1. The fourth-order valence-corrected chi connectivity index (χ4v) is 5.21. The van der Waals surface area contributed by atoms with Gasteiger partial charge < -0.3 is 5.32 Å². The molecule has 0 atom stereocenters. The highest BCUT2D eigenvalue weighted by Crippen LogP contribution is 2.36. The van der Waals surface area contributed by atoms with E-state index in [-0.39, 0.29) is 12.4 Å². The van der Waals surface area contributed by atoms with Gasteiger partial charge in [-0.25, -0.2) is 0 Å². The van der Waals surface area contributed by atoms with Gasteiger partial charge in [-0.2, -0.15) is 5.10 Å². The Morgan fingerprint density at radius 3 is 2.67 bits per heavy atom. The van der Waals surface area contributed by atoms with E-state index in [1.54, 1.807) is 0 Å². The molecule has 0 bridgehead atoms. The second-order valence-electron chi connectivity index (χ2n) is 7.57. The van der Waals surface area contributed by atoms with Gasteiger partial charge in [-0.3, -0.25) is 4.68 Å². The number of nitrogens with one attached hydrogen (secondary N) is 1. The van der Waals surface area contributed by atoms with Gasteiger partial charge in [0.25, 0.3) is 0 Å². The van der Waals surface area contributed by atoms with Gasteiger partial charge in [-0.05, 0) is 61.2 Å². The molecule has 4 rings (SSSR count). The van der Waals surface area contributed by atoms with Crippen LogP contribution in [-0.4, -0.2) is 22.9 Å². The fraction of sp³-hybridized carbons (Fsp3) is 0.375. The van der Waals surface area contributed by atoms with Gasteiger partial charge >= 0.3 is 0 Å². The monoisotopic (exact) mass is 461 g/mol. The first-order chi connectivity index (χ1) is 14.2. The van der Waals surface area contributed by atoms with Gasteiger partial charge in [0.05, 0.1) is 10.7 Å². The van der Waals surface area contributed by atoms with E-state index in [0.717, 1.165) is 48.9 Å². The first kappa shape index (κ1) is 23.2. The predicted molar refractivity (Wildman–Crippen MR) is 131 cm³/mol. The summed E-state index contributed by atoms with van der Waals surface area (Å²) in [6.07, 6.45) is 6.57. The van der Waals surface area contributed by atoms with E-state index >= 15 is 0 Å². The standard InChI is InChI=1S/C24H28ClN3S.ClH/c1-2-3-15-28-16-12-23(27-28)20-6-4-18(5-7-20)17-29-24-21-11-14-26-13-10-19(21)8-9-22(24)25;/h4-9,12,16,26H,2-3,10-11,13-15,17H2,1H3;1H. The van der Waals surface area contributed by atoms with Gasteiger partial charge in [-0.1, -0.05) is 55.3 Å². The number of aryl methyl sites for hydroxylation is 1. The Hall–Kier alpha value is -1.46. The maximum absolute atomic E-state index is 6.57. The molecule has 0 saturated carbocycles. The van der Waals surface area contributed by atoms with Crippen LogP contribution in [0.5, 0.6) is 0 Å². The molecule has 0 radical (unpaired) electrons. The molecule has 0 spiro atoms. The van der Waals surface area contributed by atoms with Crippen LogP contribution in [0.3, 0.4) is 0 Å². The molecule has 0 fully saturated rings. The molecule has 1 N–H and O–H groups in total. The van der Waals surface area contributed by atoms with Crippen LogP contribution < -0.4 is 5.32 Å². The molecule has 0 amide bonds. The Bertz CT molecular complexity index is 954. The second kappa shape index (κ2) is 11.2. The minimum atomic E-state index is 0. The van der Waals surface area contributed by atoms with Crippen LogP contribution in [0.15, 0.2) is 53.6 Å². The SMILES string of the molecule is CCCCn1ccc(-c2ccc(CSc3c(Cl)ccc4c3CCNCC4)cc2)n1.Cl. The van der Waals surface area contributed by atoms with Gasteiger partial charge in [-0.15, -0.1) is 24.2 Å². The average Bonchev–Trinajstić information content (AvgIpc) is 3.09. The average molecular weight is 462 g/mol. The van der Waals surface area contributed by atoms with Crippen molar-refractivity contribution in [1.29, 1.82) is 0 Å². The van der Waals surface area contributed by atoms with Crippen molar-refractivity contribution >= 4 is 35.8 Å². The van der Waals surface area contributed by atoms with E-state index < -0.39 is 0 Å². The topological polar surface area (TPSA) is 29.9 Å². The lowest BCUT2D eigenvalue weighted by Crippen LogP contribution is -2.16. The minimum Gasteiger partial charge on any atom is -0.316 e. The summed E-state index contributed by atoms with van der Waals surface area (Å²) < 4.78 is 2.04. The Morgan fingerprint density at radius 1 is 1.07 bits per heavy atom. The van der Waals surface area contributed by atoms with Crippen LogP contribution in [0, 0.1) is 0 Å². The molecule has 0 saturated heterocycles. The van der Waals surface area contributed by atoms with Crippen LogP contribution in [0.25, 0.3) is 11.3 Å². The van der Waals surface area contributed by atoms with E-state index in [1.165, 1.54) is 40.0 Å². The molecule has 0 unspecified atom stereocenters. The number of halogens is 2. The van der Waals surface area contributed by atoms with Crippen molar-refractivity contribution in [2.45, 2.75) is 49.8 Å². The lowest BCUT2D eigenvalue weighted by atomic mass is 10.0. The highest BCUT2D eigenvalue weighted by molar-refractivity contribution is 7.98. The second-order valence-corrected chi connectivity index (χ2v) is 8.96. The Morgan fingerprint density at radius 2 is 1.87 bits per heavy atom. The molecule has 6 heteroatoms. The van der Waals surface area contributed by atoms with Crippen LogP contribution >= 0.6 is 35.8 Å². The number of hydrogen-bond donors (Lipinski definition) is 1. The Labute approximate surface area is 195 Å². The first-order valence-corrected chi connectivity index (χ1v) is 11.9. The van der Waals surface area contributed by atoms with Gasteiger partial charge in [0, 0.05) is 29.0 Å². The highest BCUT2D eigenvalue weighted by Gasteiger charge is 2.15. The maximum atomic E-state index is 6.57. The molecule has 1 aliphatic rings. The zero-order chi connectivity index (χ0) is 20.1. The maximum Gasteiger partial charge on any atom is 0.0923 e. The van der Waals surface area contributed by atoms with Crippen molar-refractivity contribution in [3.05, 3.63) is 70.4 Å². The molecular formula is C24H29Cl2N3S. The lowest BCUT2D eigenvalue weighted by molar-refractivity contribution is 0.573. The third-order valence-corrected chi connectivity index (χ3v) is 7.11. The number of aromatic nitrogens is 2. The van der Waals surface area contributed by atoms with Crippen molar-refractivity contribution < 1.29 is 0 Å². The number of fused-ring (bicyclic) bond motifs is 1. The highest BCUT2D eigenvalue weighted by atomic mass is 35.5. The molecule has 160 valence electrons. The summed E-state index contributed by atoms with van der Waals surface area (Å²) in [4.78, 5) is 1.26. The Balaban J connectivity index is 0.00000256. The number of unbranched alkanes of at least 4 members (excludes halogenated alkanes) is 1. The largest absolute Gasteiger partial charge is 0.316 e. The molecule has 2 aromatic carbocycles. The molecule has 3 aromatic rings. The summed E-state index contributed by atoms with van der Waals surface area (Å²) in [5.41, 5.74) is 6.40. The Kier molecular flexibility index (Phi) is 8.70. The smallest absolute Gasteiger partial charge is 0.0923 e. The number of benzene rings is 2. The van der Waals surface area contributed by atoms with Crippen molar-refractivity contribution in [2.24, 2.45) is 0 Å². The van der Waals surface area contributed by atoms with Gasteiger partial charge in [0.2, 0.25) is 0 Å². The molecule has 1 aliphatic heterocycles. The summed E-state index contributed by atoms with van der Waals surface area (Å²) in [5, 5.41) is 9.07. The van der Waals surface area contributed by atoms with Crippen LogP contribution in [0.1, 0.15) is 36.5 Å². The molecular weight excluding hydrogens is 433 g/mol. The third kappa shape index (κ3) is 5.61. The van der Waals surface area contributed by atoms with Crippen LogP contribution in [-0.2, 0) is 25.1 Å². The van der Waals surface area contributed by atoms with Crippen molar-refractivity contribution in [1.82, 2.24) is 15.1 Å². The molecule has 2 heterocycles. The van der Waals surface area contributed by atoms with Crippen LogP contribution in [0.4, 0.5) is 0 Å². The normalized spacial score (nSPS) is 13.4. The van der Waals surface area contributed by atoms with Gasteiger partial charge in [0.15, 0.2) is 0 Å². The summed E-state index contributed by atoms with van der Waals surface area (Å²) in [7, 11) is 0. The molecule has 30 heavy (non-hydrogen) atoms. The van der Waals surface area contributed by atoms with E-state index in [0.29, 0.717) is 0 Å². The van der Waals surface area contributed by atoms with Gasteiger partial charge in [0.1, 0.15) is 0 Å².